The van der Waals surface area contributed by atoms with Crippen LogP contribution in [0.4, 0.5) is 0 Å². The molecule has 7 N–H and O–H groups in total. The number of benzene rings is 4. The number of carboxylic acid groups (broad SMARTS) is 2. The normalized spacial score (nSPS) is 12.8. The molecule has 330 valence electrons. The number of aromatic hydroxyl groups is 2. The average molecular weight is 833 g/mol. The monoisotopic (exact) mass is 832 g/mol. The van der Waals surface area contributed by atoms with Crippen LogP contribution in [-0.2, 0) is 20.8 Å². The van der Waals surface area contributed by atoms with Gasteiger partial charge in [0.15, 0.2) is 23.0 Å². The first kappa shape index (κ1) is 52.4. The Morgan fingerprint density at radius 1 is 0.700 bits per heavy atom. The summed E-state index contributed by atoms with van der Waals surface area (Å²) in [5.41, 5.74) is 3.59. The molecule has 0 saturated heterocycles. The number of carbonyl (C=O) groups excluding carboxylic acids is 1. The van der Waals surface area contributed by atoms with Gasteiger partial charge in [0.2, 0.25) is 5.91 Å². The summed E-state index contributed by atoms with van der Waals surface area (Å²) >= 11 is 0. The molecule has 12 nitrogen and oxygen atoms in total. The fraction of sp³-hybridized carbons (Fsp3) is 0.438. The van der Waals surface area contributed by atoms with Crippen LogP contribution in [0.1, 0.15) is 108 Å². The highest BCUT2D eigenvalue weighted by Gasteiger charge is 2.23. The largest absolute Gasteiger partial charge is 0.504 e. The first-order valence-electron chi connectivity index (χ1n) is 20.6. The zero-order valence-electron chi connectivity index (χ0n) is 36.3. The van der Waals surface area contributed by atoms with E-state index in [9.17, 15) is 24.9 Å². The van der Waals surface area contributed by atoms with Crippen molar-refractivity contribution in [2.45, 2.75) is 116 Å². The number of carbonyl (C=O) groups is 3. The van der Waals surface area contributed by atoms with Crippen molar-refractivity contribution >= 4 is 17.8 Å². The van der Waals surface area contributed by atoms with Crippen molar-refractivity contribution in [1.82, 2.24) is 10.6 Å². The van der Waals surface area contributed by atoms with Gasteiger partial charge in [-0.2, -0.15) is 0 Å². The summed E-state index contributed by atoms with van der Waals surface area (Å²) in [6.07, 6.45) is 5.65. The Hall–Kier alpha value is -5.59. The van der Waals surface area contributed by atoms with Crippen molar-refractivity contribution in [3.05, 3.63) is 120 Å². The highest BCUT2D eigenvalue weighted by Crippen LogP contribution is 2.28. The molecule has 1 amide bonds. The van der Waals surface area contributed by atoms with Crippen LogP contribution in [-0.4, -0.2) is 82.3 Å². The topological polar surface area (TPSA) is 195 Å². The molecule has 4 aromatic rings. The number of phenolic OH excluding ortho intramolecular Hbond substituents is 2. The summed E-state index contributed by atoms with van der Waals surface area (Å²) < 4.78 is 9.84. The number of nitrogens with one attached hydrogen (secondary N) is 2. The lowest BCUT2D eigenvalue weighted by Gasteiger charge is -2.22. The molecule has 0 aliphatic rings. The highest BCUT2D eigenvalue weighted by molar-refractivity contribution is 5.86. The number of carboxylic acids is 2. The quantitative estimate of drug-likeness (QED) is 0.0421. The van der Waals surface area contributed by atoms with E-state index in [1.807, 2.05) is 44.2 Å². The van der Waals surface area contributed by atoms with Gasteiger partial charge in [0.25, 0.3) is 5.97 Å². The summed E-state index contributed by atoms with van der Waals surface area (Å²) in [5, 5.41) is 50.9. The second kappa shape index (κ2) is 30.5. The fourth-order valence-electron chi connectivity index (χ4n) is 6.40. The van der Waals surface area contributed by atoms with E-state index in [0.29, 0.717) is 42.7 Å². The molecule has 0 aliphatic carbocycles. The van der Waals surface area contributed by atoms with E-state index in [1.54, 1.807) is 36.4 Å². The van der Waals surface area contributed by atoms with E-state index in [2.05, 4.69) is 60.9 Å². The molecule has 0 spiro atoms. The minimum absolute atomic E-state index is 0.0503. The van der Waals surface area contributed by atoms with E-state index >= 15 is 0 Å². The van der Waals surface area contributed by atoms with Gasteiger partial charge in [-0.15, -0.1) is 0 Å². The van der Waals surface area contributed by atoms with Crippen LogP contribution in [0.15, 0.2) is 103 Å². The van der Waals surface area contributed by atoms with Crippen molar-refractivity contribution in [2.24, 2.45) is 0 Å². The number of methoxy groups -OCH3 is 2. The molecule has 60 heavy (non-hydrogen) atoms. The van der Waals surface area contributed by atoms with E-state index in [-0.39, 0.29) is 36.0 Å². The van der Waals surface area contributed by atoms with Gasteiger partial charge >= 0.3 is 5.97 Å². The molecule has 0 aromatic heterocycles. The molecule has 0 saturated carbocycles. The number of hydrogen-bond donors (Lipinski definition) is 7. The van der Waals surface area contributed by atoms with Gasteiger partial charge in [0.1, 0.15) is 0 Å². The Morgan fingerprint density at radius 3 is 1.68 bits per heavy atom. The minimum atomic E-state index is -1.02. The van der Waals surface area contributed by atoms with E-state index in [1.165, 1.54) is 25.3 Å². The van der Waals surface area contributed by atoms with Gasteiger partial charge in [-0.3, -0.25) is 14.4 Å². The predicted molar refractivity (Wildman–Crippen MR) is 237 cm³/mol. The first-order valence-corrected chi connectivity index (χ1v) is 20.6. The van der Waals surface area contributed by atoms with Crippen LogP contribution < -0.4 is 20.1 Å². The van der Waals surface area contributed by atoms with Crippen LogP contribution in [0.5, 0.6) is 23.0 Å². The summed E-state index contributed by atoms with van der Waals surface area (Å²) in [6, 6.07) is 32.0. The summed E-state index contributed by atoms with van der Waals surface area (Å²) in [7, 11) is 3.02. The lowest BCUT2D eigenvalue weighted by atomic mass is 9.90. The molecule has 0 heterocycles. The number of rotatable bonds is 20. The number of para-hydroxylation sites is 2. The zero-order valence-corrected chi connectivity index (χ0v) is 36.3. The van der Waals surface area contributed by atoms with Gasteiger partial charge in [-0.25, -0.2) is 0 Å². The molecule has 0 fully saturated rings. The van der Waals surface area contributed by atoms with Gasteiger partial charge in [0, 0.05) is 13.0 Å². The molecule has 4 aromatic carbocycles. The molecule has 4 unspecified atom stereocenters. The maximum Gasteiger partial charge on any atom is 0.305 e. The Morgan fingerprint density at radius 2 is 1.22 bits per heavy atom. The molecular formula is C48H68N2O10. The van der Waals surface area contributed by atoms with Crippen molar-refractivity contribution in [3.8, 4) is 23.0 Å². The van der Waals surface area contributed by atoms with E-state index < -0.39 is 18.0 Å². The second-order valence-electron chi connectivity index (χ2n) is 14.5. The number of phenols is 2. The number of amides is 1. The van der Waals surface area contributed by atoms with Crippen molar-refractivity contribution in [1.29, 1.82) is 0 Å². The van der Waals surface area contributed by atoms with Crippen molar-refractivity contribution in [2.75, 3.05) is 20.8 Å². The molecular weight excluding hydrogens is 765 g/mol. The van der Waals surface area contributed by atoms with Gasteiger partial charge in [-0.05, 0) is 118 Å². The molecule has 0 aliphatic heterocycles. The third-order valence-electron chi connectivity index (χ3n) is 9.55. The molecule has 4 rings (SSSR count). The van der Waals surface area contributed by atoms with Crippen LogP contribution >= 0.6 is 0 Å². The van der Waals surface area contributed by atoms with Crippen LogP contribution in [0.2, 0.25) is 0 Å². The summed E-state index contributed by atoms with van der Waals surface area (Å²) in [5.74, 6) is -0.00397. The smallest absolute Gasteiger partial charge is 0.305 e. The van der Waals surface area contributed by atoms with E-state index in [4.69, 9.17) is 24.5 Å². The second-order valence-corrected chi connectivity index (χ2v) is 14.5. The molecule has 12 heteroatoms. The molecule has 0 bridgehead atoms. The number of aliphatic hydroxyl groups is 1. The van der Waals surface area contributed by atoms with Gasteiger partial charge in [0.05, 0.1) is 32.8 Å². The number of ether oxygens (including phenoxy) is 2. The average Bonchev–Trinajstić information content (AvgIpc) is 3.22. The fourth-order valence-corrected chi connectivity index (χ4v) is 6.40. The summed E-state index contributed by atoms with van der Waals surface area (Å²) in [4.78, 5) is 33.1. The van der Waals surface area contributed by atoms with E-state index in [0.717, 1.165) is 44.6 Å². The van der Waals surface area contributed by atoms with Crippen LogP contribution in [0.25, 0.3) is 0 Å². The Kier molecular flexibility index (Phi) is 26.6. The van der Waals surface area contributed by atoms with Crippen LogP contribution in [0.3, 0.4) is 0 Å². The summed E-state index contributed by atoms with van der Waals surface area (Å²) in [6.45, 7) is 9.72. The van der Waals surface area contributed by atoms with Gasteiger partial charge < -0.3 is 45.6 Å². The van der Waals surface area contributed by atoms with Crippen LogP contribution in [0, 0.1) is 0 Å². The lowest BCUT2D eigenvalue weighted by Crippen LogP contribution is -2.48. The predicted octanol–water partition coefficient (Wildman–Crippen LogP) is 8.69. The highest BCUT2D eigenvalue weighted by atomic mass is 16.5. The number of aliphatic hydroxyl groups excluding tert-OH is 1. The number of aliphatic carboxylic acids is 2. The van der Waals surface area contributed by atoms with Gasteiger partial charge in [-0.1, -0.05) is 92.7 Å². The molecule has 5 atom stereocenters. The Labute approximate surface area is 356 Å². The Bertz CT molecular complexity index is 1770. The standard InChI is InChI=1S/C27H38N2O5.C12H18O.C7H8O2.C2H4O2/c1-4-21(22-10-6-5-7-11-22)14-12-19(2)29-27(33)23(18-26(31)32)28-16-8-9-20-13-15-25(34-3)24(30)17-20;1-3-11(9-10(2)13)12-7-5-4-6-8-12;1-9-7-5-3-2-4-6(7)8;1-2(3)4/h5-7,10-11,13,15,17,19,21,23,28,30H,4,8-9,12,14,16,18H2,1-3H3,(H,29,33)(H,31,32);4-8,10-11,13H,3,9H2,1-2H3;2-5,8H,1H3;1H3,(H,3,4)/t;10?,11-;;/m.0../s1. The molecule has 0 radical (unpaired) electrons. The lowest BCUT2D eigenvalue weighted by molar-refractivity contribution is -0.140. The minimum Gasteiger partial charge on any atom is -0.504 e. The SMILES string of the molecule is CC(=O)O.CCC(CCC(C)NC(=O)C(CC(=O)O)NCCCc1ccc(OC)c(O)c1)c1ccccc1.CC[C@@H](CC(C)O)c1ccccc1.COc1ccccc1O. The van der Waals surface area contributed by atoms with Crippen molar-refractivity contribution < 1.29 is 49.4 Å². The van der Waals surface area contributed by atoms with Crippen molar-refractivity contribution in [3.63, 3.8) is 0 Å². The first-order chi connectivity index (χ1) is 28.6. The maximum atomic E-state index is 12.8. The Balaban J connectivity index is 0.000000556. The maximum absolute atomic E-state index is 12.8. The zero-order chi connectivity index (χ0) is 44.9. The third-order valence-corrected chi connectivity index (χ3v) is 9.55. The third kappa shape index (κ3) is 22.5. The number of hydrogen-bond acceptors (Lipinski definition) is 9. The number of aryl methyl sites for hydroxylation is 1.